The molecular weight excluding hydrogens is 1490 g/mol. The van der Waals surface area contributed by atoms with Gasteiger partial charge < -0.3 is 62.3 Å². The highest BCUT2D eigenvalue weighted by molar-refractivity contribution is 6.31. The summed E-state index contributed by atoms with van der Waals surface area (Å²) < 4.78 is 63.2. The number of fused-ring (bicyclic) bond motifs is 3. The highest BCUT2D eigenvalue weighted by atomic mass is 35.5. The van der Waals surface area contributed by atoms with Gasteiger partial charge in [-0.25, -0.2) is 44.3 Å². The van der Waals surface area contributed by atoms with Gasteiger partial charge in [0, 0.05) is 48.4 Å². The molecule has 4 fully saturated rings. The summed E-state index contributed by atoms with van der Waals surface area (Å²) in [6, 6.07) is 13.6. The Labute approximate surface area is 667 Å². The third-order valence-electron chi connectivity index (χ3n) is 19.5. The number of carbonyl (C=O) groups excluding carboxylic acids is 6. The van der Waals surface area contributed by atoms with E-state index in [1.165, 1.54) is 9.80 Å². The number of unbranched alkanes of at least 4 members (excludes halogenated alkanes) is 1. The Morgan fingerprint density at radius 2 is 0.928 bits per heavy atom. The van der Waals surface area contributed by atoms with Crippen LogP contribution in [-0.4, -0.2) is 181 Å². The van der Waals surface area contributed by atoms with Gasteiger partial charge >= 0.3 is 30.0 Å². The molecule has 3 aromatic carbocycles. The highest BCUT2D eigenvalue weighted by Gasteiger charge is 2.56. The van der Waals surface area contributed by atoms with Crippen LogP contribution in [0.3, 0.4) is 0 Å². The van der Waals surface area contributed by atoms with Crippen molar-refractivity contribution in [2.45, 2.75) is 247 Å². The lowest BCUT2D eigenvalue weighted by atomic mass is 9.77. The van der Waals surface area contributed by atoms with E-state index in [9.17, 15) is 28.8 Å². The topological polar surface area (TPSA) is 300 Å². The van der Waals surface area contributed by atoms with Crippen LogP contribution < -0.4 is 33.7 Å². The van der Waals surface area contributed by atoms with Gasteiger partial charge in [-0.05, 0) is 177 Å². The van der Waals surface area contributed by atoms with Crippen molar-refractivity contribution in [3.8, 4) is 34.9 Å². The van der Waals surface area contributed by atoms with Crippen LogP contribution in [0.2, 0.25) is 15.5 Å². The number of benzene rings is 3. The van der Waals surface area contributed by atoms with Crippen LogP contribution in [0.4, 0.5) is 4.79 Å². The third kappa shape index (κ3) is 23.2. The average Bonchev–Trinajstić information content (AvgIpc) is 1.64. The van der Waals surface area contributed by atoms with E-state index in [1.54, 1.807) is 138 Å². The number of methoxy groups -OCH3 is 3. The number of nitrogens with one attached hydrogen (secondary N) is 1. The molecule has 6 aromatic rings. The molecule has 3 aliphatic heterocycles. The molecule has 608 valence electrons. The molecule has 0 radical (unpaired) electrons. The van der Waals surface area contributed by atoms with E-state index in [1.807, 2.05) is 75.3 Å². The molecule has 2 amide bonds. The van der Waals surface area contributed by atoms with Crippen LogP contribution in [0.5, 0.6) is 34.9 Å². The van der Waals surface area contributed by atoms with Gasteiger partial charge in [0.05, 0.1) is 79.9 Å². The number of halogens is 3. The second kappa shape index (κ2) is 36.2. The molecule has 2 unspecified atom stereocenters. The minimum atomic E-state index is -0.949. The number of nitrogens with zero attached hydrogens (tertiary/aromatic N) is 8. The second-order valence-corrected chi connectivity index (χ2v) is 34.8. The molecular formula is C82H112Cl3N9O17. The lowest BCUT2D eigenvalue weighted by Gasteiger charge is -2.35. The molecule has 0 spiro atoms. The van der Waals surface area contributed by atoms with Gasteiger partial charge in [0.1, 0.15) is 81.7 Å². The number of esters is 4. The summed E-state index contributed by atoms with van der Waals surface area (Å²) in [7, 11) is 4.72. The van der Waals surface area contributed by atoms with E-state index in [2.05, 4.69) is 41.8 Å². The van der Waals surface area contributed by atoms with Crippen molar-refractivity contribution >= 4 is 104 Å². The van der Waals surface area contributed by atoms with Crippen LogP contribution >= 0.6 is 34.8 Å². The lowest BCUT2D eigenvalue weighted by molar-refractivity contribution is -0.167. The first-order valence-electron chi connectivity index (χ1n) is 37.9. The Bertz CT molecular complexity index is 4330. The SMILES string of the molecule is C=CCCCC1CC1(C)OC(=O)C[C@H](C(=O)N1C[C@H](Oc2nc3cc(OC)ccc3nc2Cl)[C@@H](CC)[C@H]1C(=O)OC(C)(C)C)C(C)(C)C.CC[C@@H]1[C@@H](Oc2nc3cc(OC)ccc3nc2Cl)CN(C(=O)OC(C)(C)C)[C@@H]1C(=O)OC(C)(C)C.CC[C@@H]1[C@@H](Oc2nc3cc(OC)ccc3nc2Cl)CN[C@@H]1C(=O)OC(C)(C)C. The second-order valence-electron chi connectivity index (χ2n) is 33.7. The number of amides is 2. The van der Waals surface area contributed by atoms with E-state index in [4.69, 9.17) is 86.9 Å². The first-order chi connectivity index (χ1) is 51.8. The van der Waals surface area contributed by atoms with Crippen molar-refractivity contribution in [1.82, 2.24) is 45.0 Å². The largest absolute Gasteiger partial charge is 0.497 e. The van der Waals surface area contributed by atoms with Crippen molar-refractivity contribution in [3.63, 3.8) is 0 Å². The van der Waals surface area contributed by atoms with E-state index in [-0.39, 0.29) is 82.4 Å². The summed E-state index contributed by atoms with van der Waals surface area (Å²) >= 11 is 19.2. The molecule has 1 aliphatic carbocycles. The van der Waals surface area contributed by atoms with Crippen LogP contribution in [0.1, 0.15) is 183 Å². The van der Waals surface area contributed by atoms with E-state index >= 15 is 0 Å². The molecule has 26 nitrogen and oxygen atoms in total. The average molecular weight is 1600 g/mol. The predicted molar refractivity (Wildman–Crippen MR) is 424 cm³/mol. The molecule has 6 heterocycles. The molecule has 1 saturated carbocycles. The standard InChI is InChI=1S/C37H52ClN3O7.C25H34ClN3O6.C20H26ClN3O4/c1-11-13-14-15-22-20-37(22,9)47-29(42)19-25(35(3,4)5)33(43)41-21-28(24(12-2)30(41)34(44)48-36(6,7)8)46-32-31(38)39-26-17-16-23(45-10)18-27(26)40-32;1-9-15-18(33-21-20(26)27-16-11-10-14(32-8)12-17(16)28-21)13-29(23(31)35-25(5,6)7)19(15)22(30)34-24(2,3)4;1-6-12-15(10-22-16(12)19(25)28-20(2,3)4)27-18-17(21)23-13-8-7-11(26-5)9-14(13)24-18/h11,16-18,22,24-25,28,30H,1,12-15,19-21H2,2-10H3;10-12,15,18-19H,9,13H2,1-8H3;7-9,12,15-16,22H,6,10H2,1-5H3/t22?,24-,25-,28+,30+,37?;15-,18+,19+;12-,15+,16+/m111/s1. The number of rotatable bonds is 23. The van der Waals surface area contributed by atoms with Gasteiger partial charge in [0.2, 0.25) is 5.91 Å². The molecule has 3 aromatic heterocycles. The first kappa shape index (κ1) is 88.2. The number of ether oxygens (including phenoxy) is 11. The van der Waals surface area contributed by atoms with Crippen molar-refractivity contribution in [2.75, 3.05) is 41.0 Å². The zero-order chi connectivity index (χ0) is 82.2. The Morgan fingerprint density at radius 3 is 1.31 bits per heavy atom. The Morgan fingerprint density at radius 1 is 0.541 bits per heavy atom. The van der Waals surface area contributed by atoms with Gasteiger partial charge in [0.15, 0.2) is 15.5 Å². The van der Waals surface area contributed by atoms with Crippen molar-refractivity contribution < 1.29 is 80.9 Å². The summed E-state index contributed by atoms with van der Waals surface area (Å²) in [4.78, 5) is 110. The van der Waals surface area contributed by atoms with Gasteiger partial charge in [-0.3, -0.25) is 19.3 Å². The van der Waals surface area contributed by atoms with E-state index in [0.717, 1.165) is 32.1 Å². The molecule has 0 bridgehead atoms. The predicted octanol–water partition coefficient (Wildman–Crippen LogP) is 15.8. The molecule has 29 heteroatoms. The van der Waals surface area contributed by atoms with Crippen molar-refractivity contribution in [1.29, 1.82) is 0 Å². The van der Waals surface area contributed by atoms with Gasteiger partial charge in [0.25, 0.3) is 17.6 Å². The molecule has 10 rings (SSSR count). The van der Waals surface area contributed by atoms with Gasteiger partial charge in [-0.1, -0.05) is 82.4 Å². The molecule has 111 heavy (non-hydrogen) atoms. The maximum absolute atomic E-state index is 14.6. The third-order valence-corrected chi connectivity index (χ3v) is 20.2. The normalized spacial score (nSPS) is 22.7. The van der Waals surface area contributed by atoms with E-state index < -0.39 is 99.6 Å². The Balaban J connectivity index is 0.000000217. The van der Waals surface area contributed by atoms with Crippen LogP contribution in [-0.2, 0) is 47.7 Å². The number of hydrogen-bond donors (Lipinski definition) is 1. The monoisotopic (exact) mass is 1600 g/mol. The number of likely N-dealkylation sites (tertiary alicyclic amines) is 2. The fourth-order valence-electron chi connectivity index (χ4n) is 14.0. The summed E-state index contributed by atoms with van der Waals surface area (Å²) in [5.41, 5.74) is -0.418. The molecule has 3 saturated heterocycles. The summed E-state index contributed by atoms with van der Waals surface area (Å²) in [5.74, 6) is -1.06. The molecule has 4 aliphatic rings. The van der Waals surface area contributed by atoms with Crippen molar-refractivity contribution in [2.24, 2.45) is 35.0 Å². The first-order valence-corrected chi connectivity index (χ1v) is 39.1. The summed E-state index contributed by atoms with van der Waals surface area (Å²) in [6.45, 7) is 39.6. The number of hydrogen-bond acceptors (Lipinski definition) is 24. The van der Waals surface area contributed by atoms with Crippen molar-refractivity contribution in [3.05, 3.63) is 82.7 Å². The summed E-state index contributed by atoms with van der Waals surface area (Å²) in [5, 5.41) is 3.55. The number of aromatic nitrogens is 6. The van der Waals surface area contributed by atoms with Crippen LogP contribution in [0.25, 0.3) is 33.1 Å². The maximum Gasteiger partial charge on any atom is 0.411 e. The molecule has 12 atom stereocenters. The summed E-state index contributed by atoms with van der Waals surface area (Å²) in [6.07, 6.45) is 5.15. The lowest BCUT2D eigenvalue weighted by Crippen LogP contribution is -2.50. The number of allylic oxidation sites excluding steroid dienone is 1. The zero-order valence-electron chi connectivity index (χ0n) is 68.3. The quantitative estimate of drug-likeness (QED) is 0.0270. The van der Waals surface area contributed by atoms with Gasteiger partial charge in [-0.2, -0.15) is 0 Å². The Hall–Kier alpha value is -8.33. The zero-order valence-corrected chi connectivity index (χ0v) is 70.5. The molecule has 1 N–H and O–H groups in total. The fourth-order valence-corrected chi connectivity index (χ4v) is 14.5. The number of carbonyl (C=O) groups is 6. The minimum Gasteiger partial charge on any atom is -0.497 e. The van der Waals surface area contributed by atoms with Crippen LogP contribution in [0, 0.1) is 35.0 Å². The van der Waals surface area contributed by atoms with E-state index in [0.29, 0.717) is 75.7 Å². The fraction of sp³-hybridized carbons (Fsp3) is 0.610. The maximum atomic E-state index is 14.6. The van der Waals surface area contributed by atoms with Crippen LogP contribution in [0.15, 0.2) is 67.3 Å². The highest BCUT2D eigenvalue weighted by Crippen LogP contribution is 2.50. The smallest absolute Gasteiger partial charge is 0.411 e. The van der Waals surface area contributed by atoms with Gasteiger partial charge in [-0.15, -0.1) is 6.58 Å². The Kier molecular flexibility index (Phi) is 28.8. The minimum absolute atomic E-state index is 0.0614.